The summed E-state index contributed by atoms with van der Waals surface area (Å²) >= 11 is 0. The molecule has 5 N–H and O–H groups in total. The van der Waals surface area contributed by atoms with Gasteiger partial charge in [0.25, 0.3) is 0 Å². The Morgan fingerprint density at radius 3 is 1.00 bits per heavy atom. The van der Waals surface area contributed by atoms with Gasteiger partial charge in [-0.1, -0.05) is 0 Å². The third kappa shape index (κ3) is 17.0. The summed E-state index contributed by atoms with van der Waals surface area (Å²) in [7, 11) is 0. The van der Waals surface area contributed by atoms with Gasteiger partial charge in [0.05, 0.1) is 105 Å². The number of ether oxygens (including phenoxy) is 6. The van der Waals surface area contributed by atoms with E-state index < -0.39 is 5.54 Å². The van der Waals surface area contributed by atoms with E-state index in [-0.39, 0.29) is 59.5 Å². The zero-order valence-electron chi connectivity index (χ0n) is 15.5. The minimum Gasteiger partial charge on any atom is -0.394 e. The standard InChI is InChI=1S/C16H35NO9/c17-16(13-24-10-7-21-4-1-18,14-25-11-8-22-5-2-19)15-26-12-9-23-6-3-20/h18-20H,1-15,17H2. The maximum Gasteiger partial charge on any atom is 0.0865 e. The summed E-state index contributed by atoms with van der Waals surface area (Å²) in [4.78, 5) is 0. The van der Waals surface area contributed by atoms with Gasteiger partial charge in [0.15, 0.2) is 0 Å². The lowest BCUT2D eigenvalue weighted by atomic mass is 10.1. The predicted molar refractivity (Wildman–Crippen MR) is 93.1 cm³/mol. The van der Waals surface area contributed by atoms with Crippen molar-refractivity contribution in [2.24, 2.45) is 5.73 Å². The fraction of sp³-hybridized carbons (Fsp3) is 1.00. The van der Waals surface area contributed by atoms with Crippen LogP contribution in [0.3, 0.4) is 0 Å². The Morgan fingerprint density at radius 1 is 0.462 bits per heavy atom. The van der Waals surface area contributed by atoms with Gasteiger partial charge in [-0.15, -0.1) is 0 Å². The number of hydrogen-bond donors (Lipinski definition) is 4. The molecule has 0 unspecified atom stereocenters. The Morgan fingerprint density at radius 2 is 0.731 bits per heavy atom. The van der Waals surface area contributed by atoms with Crippen molar-refractivity contribution >= 4 is 0 Å². The van der Waals surface area contributed by atoms with Crippen molar-refractivity contribution in [1.82, 2.24) is 0 Å². The van der Waals surface area contributed by atoms with Crippen molar-refractivity contribution in [2.75, 3.05) is 99.1 Å². The molecule has 0 aromatic rings. The minimum atomic E-state index is -0.842. The SMILES string of the molecule is NC(COCCOCCO)(COCCOCCO)COCCOCCO. The third-order valence-corrected chi connectivity index (χ3v) is 2.99. The maximum absolute atomic E-state index is 8.63. The quantitative estimate of drug-likeness (QED) is 0.160. The van der Waals surface area contributed by atoms with Crippen LogP contribution in [-0.4, -0.2) is 120 Å². The highest BCUT2D eigenvalue weighted by atomic mass is 16.5. The number of rotatable bonds is 21. The molecule has 0 aliphatic carbocycles. The lowest BCUT2D eigenvalue weighted by Crippen LogP contribution is -2.53. The van der Waals surface area contributed by atoms with E-state index in [9.17, 15) is 0 Å². The van der Waals surface area contributed by atoms with E-state index in [4.69, 9.17) is 49.5 Å². The molecule has 0 spiro atoms. The highest BCUT2D eigenvalue weighted by molar-refractivity contribution is 4.84. The summed E-state index contributed by atoms with van der Waals surface area (Å²) < 4.78 is 31.9. The summed E-state index contributed by atoms with van der Waals surface area (Å²) in [6.07, 6.45) is 0. The average Bonchev–Trinajstić information content (AvgIpc) is 2.64. The van der Waals surface area contributed by atoms with Crippen LogP contribution in [0.15, 0.2) is 0 Å². The molecule has 0 fully saturated rings. The number of hydrogen-bond acceptors (Lipinski definition) is 10. The molecular formula is C16H35NO9. The zero-order chi connectivity index (χ0) is 19.3. The molecule has 0 saturated heterocycles. The van der Waals surface area contributed by atoms with Crippen LogP contribution in [0.4, 0.5) is 0 Å². The van der Waals surface area contributed by atoms with Crippen molar-refractivity contribution in [3.05, 3.63) is 0 Å². The molecule has 0 heterocycles. The Bertz CT molecular complexity index is 244. The molecule has 0 saturated carbocycles. The second-order valence-corrected chi connectivity index (χ2v) is 5.53. The minimum absolute atomic E-state index is 0.0286. The van der Waals surface area contributed by atoms with Gasteiger partial charge in [0.2, 0.25) is 0 Å². The Kier molecular flexibility index (Phi) is 19.1. The molecule has 10 nitrogen and oxygen atoms in total. The molecule has 0 aromatic heterocycles. The Balaban J connectivity index is 4.02. The summed E-state index contributed by atoms with van der Waals surface area (Å²) in [5, 5.41) is 25.9. The second kappa shape index (κ2) is 19.4. The first kappa shape index (κ1) is 25.6. The largest absolute Gasteiger partial charge is 0.394 e. The van der Waals surface area contributed by atoms with Gasteiger partial charge < -0.3 is 49.5 Å². The maximum atomic E-state index is 8.63. The van der Waals surface area contributed by atoms with Crippen molar-refractivity contribution in [2.45, 2.75) is 5.54 Å². The molecule has 0 atom stereocenters. The summed E-state index contributed by atoms with van der Waals surface area (Å²) in [5.41, 5.74) is 5.46. The third-order valence-electron chi connectivity index (χ3n) is 2.99. The molecule has 0 aromatic carbocycles. The zero-order valence-corrected chi connectivity index (χ0v) is 15.5. The molecule has 0 radical (unpaired) electrons. The second-order valence-electron chi connectivity index (χ2n) is 5.53. The lowest BCUT2D eigenvalue weighted by molar-refractivity contribution is -0.0522. The van der Waals surface area contributed by atoms with Gasteiger partial charge in [0, 0.05) is 0 Å². The molecule has 0 bridgehead atoms. The van der Waals surface area contributed by atoms with Crippen LogP contribution in [0.2, 0.25) is 0 Å². The van der Waals surface area contributed by atoms with E-state index in [0.717, 1.165) is 0 Å². The fourth-order valence-corrected chi connectivity index (χ4v) is 1.80. The molecule has 0 aliphatic rings. The van der Waals surface area contributed by atoms with Gasteiger partial charge in [-0.25, -0.2) is 0 Å². The predicted octanol–water partition coefficient (Wildman–Crippen LogP) is -2.24. The van der Waals surface area contributed by atoms with Crippen LogP contribution in [0.1, 0.15) is 0 Å². The van der Waals surface area contributed by atoms with Crippen LogP contribution in [-0.2, 0) is 28.4 Å². The monoisotopic (exact) mass is 385 g/mol. The number of nitrogens with two attached hydrogens (primary N) is 1. The molecule has 0 amide bonds. The molecular weight excluding hydrogens is 350 g/mol. The summed E-state index contributed by atoms with van der Waals surface area (Å²) in [6.45, 7) is 3.49. The van der Waals surface area contributed by atoms with Gasteiger partial charge in [-0.05, 0) is 0 Å². The van der Waals surface area contributed by atoms with E-state index in [1.165, 1.54) is 0 Å². The first-order valence-corrected chi connectivity index (χ1v) is 8.76. The smallest absolute Gasteiger partial charge is 0.0865 e. The van der Waals surface area contributed by atoms with E-state index in [1.54, 1.807) is 0 Å². The van der Waals surface area contributed by atoms with E-state index in [2.05, 4.69) is 0 Å². The van der Waals surface area contributed by atoms with E-state index >= 15 is 0 Å². The first-order valence-electron chi connectivity index (χ1n) is 8.76. The van der Waals surface area contributed by atoms with Crippen molar-refractivity contribution < 1.29 is 43.7 Å². The van der Waals surface area contributed by atoms with Crippen LogP contribution >= 0.6 is 0 Å². The molecule has 0 aliphatic heterocycles. The highest BCUT2D eigenvalue weighted by Gasteiger charge is 2.26. The normalized spacial score (nSPS) is 12.0. The highest BCUT2D eigenvalue weighted by Crippen LogP contribution is 2.05. The summed E-state index contributed by atoms with van der Waals surface area (Å²) in [6, 6.07) is 0. The summed E-state index contributed by atoms with van der Waals surface area (Å²) in [5.74, 6) is 0. The lowest BCUT2D eigenvalue weighted by Gasteiger charge is -2.29. The van der Waals surface area contributed by atoms with Crippen LogP contribution < -0.4 is 5.73 Å². The first-order chi connectivity index (χ1) is 12.7. The van der Waals surface area contributed by atoms with Crippen molar-refractivity contribution in [3.8, 4) is 0 Å². The molecule has 10 heteroatoms. The number of aliphatic hydroxyl groups excluding tert-OH is 3. The average molecular weight is 385 g/mol. The molecule has 0 rings (SSSR count). The topological polar surface area (TPSA) is 142 Å². The Hall–Kier alpha value is -0.400. The van der Waals surface area contributed by atoms with E-state index in [0.29, 0.717) is 39.6 Å². The molecule has 158 valence electrons. The van der Waals surface area contributed by atoms with Gasteiger partial charge >= 0.3 is 0 Å². The van der Waals surface area contributed by atoms with E-state index in [1.807, 2.05) is 0 Å². The Labute approximate surface area is 155 Å². The van der Waals surface area contributed by atoms with Gasteiger partial charge in [-0.2, -0.15) is 0 Å². The van der Waals surface area contributed by atoms with Crippen LogP contribution in [0, 0.1) is 0 Å². The molecule has 26 heavy (non-hydrogen) atoms. The van der Waals surface area contributed by atoms with Crippen molar-refractivity contribution in [1.29, 1.82) is 0 Å². The van der Waals surface area contributed by atoms with Crippen molar-refractivity contribution in [3.63, 3.8) is 0 Å². The van der Waals surface area contributed by atoms with Crippen LogP contribution in [0.25, 0.3) is 0 Å². The number of aliphatic hydroxyl groups is 3. The van der Waals surface area contributed by atoms with Crippen LogP contribution in [0.5, 0.6) is 0 Å². The van der Waals surface area contributed by atoms with Gasteiger partial charge in [0.1, 0.15) is 0 Å². The van der Waals surface area contributed by atoms with Gasteiger partial charge in [-0.3, -0.25) is 0 Å². The fourth-order valence-electron chi connectivity index (χ4n) is 1.80.